The number of alkyl halides is 6. The van der Waals surface area contributed by atoms with Gasteiger partial charge in [0.25, 0.3) is 0 Å². The zero-order valence-corrected chi connectivity index (χ0v) is 21.6. The van der Waals surface area contributed by atoms with Gasteiger partial charge in [-0.3, -0.25) is 8.57 Å². The van der Waals surface area contributed by atoms with Gasteiger partial charge in [0.05, 0.1) is 25.2 Å². The maximum absolute atomic E-state index is 13.2. The minimum Gasteiger partial charge on any atom is -0.493 e. The lowest BCUT2D eigenvalue weighted by molar-refractivity contribution is -0.0633. The lowest BCUT2D eigenvalue weighted by Gasteiger charge is -2.12. The van der Waals surface area contributed by atoms with E-state index in [0.717, 1.165) is 30.5 Å². The Morgan fingerprint density at radius 2 is 1.21 bits per heavy atom. The van der Waals surface area contributed by atoms with Crippen LogP contribution >= 0.6 is 0 Å². The van der Waals surface area contributed by atoms with Gasteiger partial charge in [0.2, 0.25) is 0 Å². The minimum atomic E-state index is -6.37. The predicted octanol–water partition coefficient (Wildman–Crippen LogP) is 4.37. The molecule has 0 bridgehead atoms. The molecule has 18 heteroatoms. The Morgan fingerprint density at radius 3 is 1.62 bits per heavy atom. The number of hydrogen-bond donors (Lipinski definition) is 0. The van der Waals surface area contributed by atoms with Crippen molar-refractivity contribution in [3.63, 3.8) is 0 Å². The number of oxime groups is 2. The maximum atomic E-state index is 13.2. The highest BCUT2D eigenvalue weighted by Gasteiger charge is 2.49. The van der Waals surface area contributed by atoms with Crippen LogP contribution < -0.4 is 9.47 Å². The van der Waals surface area contributed by atoms with Crippen molar-refractivity contribution in [3.05, 3.63) is 59.7 Å². The average Bonchev–Trinajstić information content (AvgIpc) is 2.81. The highest BCUT2D eigenvalue weighted by atomic mass is 32.2. The highest BCUT2D eigenvalue weighted by molar-refractivity contribution is 7.87. The molecule has 0 spiro atoms. The molecule has 0 unspecified atom stereocenters. The van der Waals surface area contributed by atoms with Crippen molar-refractivity contribution >= 4 is 31.7 Å². The Balaban J connectivity index is 1.89. The fourth-order valence-corrected chi connectivity index (χ4v) is 3.02. The largest absolute Gasteiger partial charge is 0.536 e. The highest BCUT2D eigenvalue weighted by Crippen LogP contribution is 2.28. The smallest absolute Gasteiger partial charge is 0.493 e. The third-order valence-corrected chi connectivity index (χ3v) is 5.50. The monoisotopic (exact) mass is 606 g/mol. The van der Waals surface area contributed by atoms with E-state index in [0.29, 0.717) is 23.4 Å². The van der Waals surface area contributed by atoms with E-state index in [2.05, 4.69) is 18.9 Å². The summed E-state index contributed by atoms with van der Waals surface area (Å²) >= 11 is 0. The first-order valence-electron chi connectivity index (χ1n) is 10.4. The molecule has 0 aliphatic carbocycles. The molecule has 0 saturated carbocycles. The zero-order chi connectivity index (χ0) is 29.5. The first-order valence-corrected chi connectivity index (χ1v) is 13.7. The number of ether oxygens (including phenoxy) is 2. The Morgan fingerprint density at radius 1 is 0.744 bits per heavy atom. The summed E-state index contributed by atoms with van der Waals surface area (Å²) in [5.41, 5.74) is -7.81. The number of nitrogens with zero attached hydrogens (tertiary/aromatic N) is 2. The third kappa shape index (κ3) is 10.3. The third-order valence-electron chi connectivity index (χ3n) is 4.31. The first-order chi connectivity index (χ1) is 17.9. The molecule has 2 aromatic carbocycles. The van der Waals surface area contributed by atoms with Crippen molar-refractivity contribution in [2.75, 3.05) is 19.5 Å². The molecule has 0 atom stereocenters. The van der Waals surface area contributed by atoms with Crippen LogP contribution in [0.3, 0.4) is 0 Å². The van der Waals surface area contributed by atoms with Gasteiger partial charge >= 0.3 is 31.9 Å². The SMILES string of the molecule is C/C(=N\OS(C)(=O)=O)c1ccc(OCCCOc2ccc(/C(=N/OS(=O)(=O)C(F)(F)F)C(F)(F)F)cc2)cc1. The predicted molar refractivity (Wildman–Crippen MR) is 125 cm³/mol. The van der Waals surface area contributed by atoms with Gasteiger partial charge in [0, 0.05) is 12.0 Å². The van der Waals surface area contributed by atoms with Crippen LogP contribution in [0.4, 0.5) is 26.3 Å². The van der Waals surface area contributed by atoms with E-state index in [-0.39, 0.29) is 19.0 Å². The average molecular weight is 607 g/mol. The van der Waals surface area contributed by atoms with Crippen LogP contribution in [0.25, 0.3) is 0 Å². The van der Waals surface area contributed by atoms with Crippen LogP contribution in [0.2, 0.25) is 0 Å². The number of hydrogen-bond acceptors (Lipinski definition) is 10. The summed E-state index contributed by atoms with van der Waals surface area (Å²) in [4.78, 5) is 0. The van der Waals surface area contributed by atoms with Crippen molar-refractivity contribution in [1.82, 2.24) is 0 Å². The van der Waals surface area contributed by atoms with E-state index in [1.807, 2.05) is 0 Å². The van der Waals surface area contributed by atoms with Gasteiger partial charge in [0.15, 0.2) is 5.71 Å². The quantitative estimate of drug-likeness (QED) is 0.115. The summed E-state index contributed by atoms with van der Waals surface area (Å²) in [5, 5.41) is 5.67. The van der Waals surface area contributed by atoms with Gasteiger partial charge in [-0.05, 0) is 61.0 Å². The van der Waals surface area contributed by atoms with Crippen molar-refractivity contribution in [2.24, 2.45) is 10.3 Å². The molecule has 0 fully saturated rings. The van der Waals surface area contributed by atoms with Crippen molar-refractivity contribution in [3.8, 4) is 11.5 Å². The van der Waals surface area contributed by atoms with Crippen molar-refractivity contribution < 1.29 is 61.2 Å². The fourth-order valence-electron chi connectivity index (χ4n) is 2.51. The van der Waals surface area contributed by atoms with Crippen LogP contribution in [0.1, 0.15) is 24.5 Å². The van der Waals surface area contributed by atoms with Crippen LogP contribution in [0, 0.1) is 0 Å². The van der Waals surface area contributed by atoms with Gasteiger partial charge in [-0.1, -0.05) is 10.3 Å². The van der Waals surface area contributed by atoms with E-state index in [4.69, 9.17) is 9.47 Å². The van der Waals surface area contributed by atoms with E-state index in [1.165, 1.54) is 0 Å². The van der Waals surface area contributed by atoms with Gasteiger partial charge in [-0.2, -0.15) is 43.2 Å². The van der Waals surface area contributed by atoms with Crippen LogP contribution in [0.5, 0.6) is 11.5 Å². The molecule has 0 aliphatic rings. The second kappa shape index (κ2) is 12.5. The Kier molecular flexibility index (Phi) is 10.2. The fraction of sp³-hybridized carbons (Fsp3) is 0.333. The summed E-state index contributed by atoms with van der Waals surface area (Å²) < 4.78 is 139. The Bertz CT molecular complexity index is 1390. The van der Waals surface area contributed by atoms with E-state index in [1.54, 1.807) is 31.2 Å². The second-order valence-electron chi connectivity index (χ2n) is 7.47. The molecule has 0 aliphatic heterocycles. The molecule has 0 amide bonds. The molecule has 10 nitrogen and oxygen atoms in total. The number of rotatable bonds is 12. The molecular weight excluding hydrogens is 586 g/mol. The van der Waals surface area contributed by atoms with Crippen LogP contribution in [0.15, 0.2) is 58.8 Å². The lowest BCUT2D eigenvalue weighted by Crippen LogP contribution is -2.28. The molecule has 216 valence electrons. The molecule has 0 heterocycles. The van der Waals surface area contributed by atoms with Crippen LogP contribution in [-0.4, -0.2) is 59.4 Å². The van der Waals surface area contributed by atoms with Crippen molar-refractivity contribution in [2.45, 2.75) is 25.0 Å². The standard InChI is InChI=1S/C21H20F6N2O8S2/c1-14(28-36-38(2,30)31)15-4-8-17(9-5-15)34-12-3-13-35-18-10-6-16(7-11-18)19(20(22,23)24)29-37-39(32,33)21(25,26)27/h4-11H,3,12-13H2,1-2H3/b28-14+,29-19-. The zero-order valence-electron chi connectivity index (χ0n) is 20.0. The van der Waals surface area contributed by atoms with Crippen LogP contribution in [-0.2, 0) is 28.8 Å². The Labute approximate surface area is 219 Å². The van der Waals surface area contributed by atoms with Gasteiger partial charge in [-0.25, -0.2) is 0 Å². The molecular formula is C21H20F6N2O8S2. The molecule has 0 saturated heterocycles. The van der Waals surface area contributed by atoms with Crippen molar-refractivity contribution in [1.29, 1.82) is 0 Å². The number of halogens is 6. The maximum Gasteiger partial charge on any atom is 0.536 e. The minimum absolute atomic E-state index is 0.0825. The molecule has 0 N–H and O–H groups in total. The lowest BCUT2D eigenvalue weighted by atomic mass is 10.1. The van der Waals surface area contributed by atoms with Gasteiger partial charge < -0.3 is 9.47 Å². The van der Waals surface area contributed by atoms with Gasteiger partial charge in [0.1, 0.15) is 11.5 Å². The summed E-state index contributed by atoms with van der Waals surface area (Å²) in [7, 11) is -10.1. The topological polar surface area (TPSA) is 130 Å². The summed E-state index contributed by atoms with van der Waals surface area (Å²) in [6.45, 7) is 1.82. The Hall–Kier alpha value is -3.54. The molecule has 39 heavy (non-hydrogen) atoms. The van der Waals surface area contributed by atoms with Gasteiger partial charge in [-0.15, -0.1) is 0 Å². The second-order valence-corrected chi connectivity index (χ2v) is 10.5. The molecule has 2 aromatic rings. The van der Waals surface area contributed by atoms with E-state index in [9.17, 15) is 43.2 Å². The molecule has 0 radical (unpaired) electrons. The first kappa shape index (κ1) is 31.7. The summed E-state index contributed by atoms with van der Waals surface area (Å²) in [6, 6.07) is 10.2. The molecule has 2 rings (SSSR count). The van der Waals surface area contributed by atoms with E-state index >= 15 is 0 Å². The van der Waals surface area contributed by atoms with E-state index < -0.39 is 43.2 Å². The number of benzene rings is 2. The summed E-state index contributed by atoms with van der Waals surface area (Å²) in [5.74, 6) is 0.591. The summed E-state index contributed by atoms with van der Waals surface area (Å²) in [6.07, 6.45) is -4.12. The normalized spacial score (nSPS) is 13.6. The molecule has 0 aromatic heterocycles.